The van der Waals surface area contributed by atoms with Crippen molar-refractivity contribution in [2.24, 2.45) is 0 Å². The Labute approximate surface area is 217 Å². The number of aliphatic carboxylic acids is 3. The van der Waals surface area contributed by atoms with E-state index in [0.29, 0.717) is 12.0 Å². The average molecular weight is 574 g/mol. The summed E-state index contributed by atoms with van der Waals surface area (Å²) in [4.78, 5) is 60.6. The van der Waals surface area contributed by atoms with Crippen LogP contribution in [0.3, 0.4) is 0 Å². The first-order valence-corrected chi connectivity index (χ1v) is 12.4. The van der Waals surface area contributed by atoms with Gasteiger partial charge < -0.3 is 25.4 Å². The van der Waals surface area contributed by atoms with E-state index >= 15 is 0 Å². The molecular formula is C23H32BrN3O9. The third kappa shape index (κ3) is 14.4. The minimum Gasteiger partial charge on any atom is -0.480 e. The third-order valence-electron chi connectivity index (χ3n) is 4.84. The number of carboxylic acid groups (broad SMARTS) is 3. The predicted molar refractivity (Wildman–Crippen MR) is 131 cm³/mol. The van der Waals surface area contributed by atoms with Gasteiger partial charge in [-0.2, -0.15) is 0 Å². The van der Waals surface area contributed by atoms with Gasteiger partial charge >= 0.3 is 23.9 Å². The van der Waals surface area contributed by atoms with E-state index in [0.717, 1.165) is 23.1 Å². The molecule has 0 aliphatic carbocycles. The standard InChI is InChI=1S/C23H32BrN3O9/c24-10-6-2-5-9-18(28)25-23(17-7-3-1-4-8-17)36-22(35)16-27(15-21(33)34)12-11-26(13-19(29)30)14-20(31)32/h1,3-4,7-8,23H,2,5-6,9-16H2,(H,25,28)(H,29,30)(H,31,32)(H,33,34). The summed E-state index contributed by atoms with van der Waals surface area (Å²) in [6.45, 7) is -2.35. The zero-order valence-electron chi connectivity index (χ0n) is 19.8. The molecule has 13 heteroatoms. The van der Waals surface area contributed by atoms with Crippen LogP contribution < -0.4 is 5.32 Å². The number of amides is 1. The van der Waals surface area contributed by atoms with Crippen molar-refractivity contribution in [3.63, 3.8) is 0 Å². The van der Waals surface area contributed by atoms with Crippen LogP contribution in [-0.2, 0) is 28.7 Å². The number of alkyl halides is 1. The topological polar surface area (TPSA) is 174 Å². The molecule has 1 aromatic rings. The van der Waals surface area contributed by atoms with Crippen molar-refractivity contribution in [2.45, 2.75) is 31.9 Å². The Morgan fingerprint density at radius 3 is 1.83 bits per heavy atom. The summed E-state index contributed by atoms with van der Waals surface area (Å²) in [5, 5.41) is 30.6. The van der Waals surface area contributed by atoms with Crippen molar-refractivity contribution in [1.82, 2.24) is 15.1 Å². The lowest BCUT2D eigenvalue weighted by Gasteiger charge is -2.25. The second kappa shape index (κ2) is 17.4. The van der Waals surface area contributed by atoms with Crippen LogP contribution in [-0.4, -0.2) is 99.5 Å². The lowest BCUT2D eigenvalue weighted by Crippen LogP contribution is -2.44. The molecule has 1 aromatic carbocycles. The van der Waals surface area contributed by atoms with Gasteiger partial charge in [0.05, 0.1) is 26.2 Å². The quantitative estimate of drug-likeness (QED) is 0.0808. The van der Waals surface area contributed by atoms with Gasteiger partial charge in [-0.25, -0.2) is 0 Å². The first kappa shape index (κ1) is 31.0. The highest BCUT2D eigenvalue weighted by Gasteiger charge is 2.23. The van der Waals surface area contributed by atoms with Gasteiger partial charge in [-0.15, -0.1) is 0 Å². The molecule has 0 fully saturated rings. The van der Waals surface area contributed by atoms with E-state index in [4.69, 9.17) is 14.9 Å². The van der Waals surface area contributed by atoms with Gasteiger partial charge in [-0.05, 0) is 12.8 Å². The van der Waals surface area contributed by atoms with E-state index < -0.39 is 56.3 Å². The summed E-state index contributed by atoms with van der Waals surface area (Å²) in [6.07, 6.45) is 1.63. The van der Waals surface area contributed by atoms with Gasteiger partial charge in [-0.1, -0.05) is 52.7 Å². The Morgan fingerprint density at radius 2 is 1.33 bits per heavy atom. The largest absolute Gasteiger partial charge is 0.480 e. The van der Waals surface area contributed by atoms with Crippen LogP contribution in [0.25, 0.3) is 0 Å². The van der Waals surface area contributed by atoms with E-state index in [1.54, 1.807) is 30.3 Å². The summed E-state index contributed by atoms with van der Waals surface area (Å²) in [5.74, 6) is -4.83. The number of nitrogens with one attached hydrogen (secondary N) is 1. The highest BCUT2D eigenvalue weighted by molar-refractivity contribution is 9.09. The van der Waals surface area contributed by atoms with Crippen LogP contribution in [0.4, 0.5) is 0 Å². The molecule has 1 rings (SSSR count). The normalized spacial score (nSPS) is 11.8. The molecule has 0 spiro atoms. The summed E-state index contributed by atoms with van der Waals surface area (Å²) in [6, 6.07) is 8.55. The Hall–Kier alpha value is -3.03. The third-order valence-corrected chi connectivity index (χ3v) is 5.40. The Kier molecular flexibility index (Phi) is 15.0. The van der Waals surface area contributed by atoms with Crippen molar-refractivity contribution >= 4 is 45.7 Å². The molecule has 0 heterocycles. The van der Waals surface area contributed by atoms with Crippen molar-refractivity contribution in [2.75, 3.05) is 44.6 Å². The molecule has 0 saturated carbocycles. The fraction of sp³-hybridized carbons (Fsp3) is 0.522. The number of hydrogen-bond acceptors (Lipinski definition) is 8. The predicted octanol–water partition coefficient (Wildman–Crippen LogP) is 1.16. The molecule has 0 aliphatic rings. The smallest absolute Gasteiger partial charge is 0.322 e. The summed E-state index contributed by atoms with van der Waals surface area (Å²) in [5.41, 5.74) is 0.526. The van der Waals surface area contributed by atoms with E-state index in [1.807, 2.05) is 0 Å². The number of unbranched alkanes of at least 4 members (excludes halogenated alkanes) is 2. The number of esters is 1. The zero-order chi connectivity index (χ0) is 26.9. The van der Waals surface area contributed by atoms with Crippen LogP contribution in [0.5, 0.6) is 0 Å². The summed E-state index contributed by atoms with van der Waals surface area (Å²) >= 11 is 3.34. The molecular weight excluding hydrogens is 542 g/mol. The number of hydrogen-bond donors (Lipinski definition) is 4. The van der Waals surface area contributed by atoms with Crippen molar-refractivity contribution < 1.29 is 44.0 Å². The average Bonchev–Trinajstić information content (AvgIpc) is 2.79. The SMILES string of the molecule is O=C(O)CN(CCN(CC(=O)O)CC(=O)OC(NC(=O)CCCCCBr)c1ccccc1)CC(=O)O. The number of halogens is 1. The number of carbonyl (C=O) groups is 5. The first-order chi connectivity index (χ1) is 17.1. The Bertz CT molecular complexity index is 854. The number of rotatable bonds is 19. The highest BCUT2D eigenvalue weighted by Crippen LogP contribution is 2.15. The monoisotopic (exact) mass is 573 g/mol. The van der Waals surface area contributed by atoms with Gasteiger partial charge in [0, 0.05) is 30.4 Å². The van der Waals surface area contributed by atoms with Crippen LogP contribution in [0.15, 0.2) is 30.3 Å². The Morgan fingerprint density at radius 1 is 0.806 bits per heavy atom. The summed E-state index contributed by atoms with van der Waals surface area (Å²) in [7, 11) is 0. The molecule has 0 radical (unpaired) electrons. The van der Waals surface area contributed by atoms with Crippen molar-refractivity contribution in [3.05, 3.63) is 35.9 Å². The second-order valence-electron chi connectivity index (χ2n) is 7.95. The molecule has 1 amide bonds. The molecule has 0 bridgehead atoms. The number of nitrogens with zero attached hydrogens (tertiary/aromatic N) is 2. The minimum absolute atomic E-state index is 0.0993. The first-order valence-electron chi connectivity index (χ1n) is 11.3. The molecule has 200 valence electrons. The van der Waals surface area contributed by atoms with Gasteiger partial charge in [-0.3, -0.25) is 33.8 Å². The van der Waals surface area contributed by atoms with E-state index in [9.17, 15) is 29.1 Å². The molecule has 0 saturated heterocycles. The highest BCUT2D eigenvalue weighted by atomic mass is 79.9. The van der Waals surface area contributed by atoms with Crippen molar-refractivity contribution in [3.8, 4) is 0 Å². The van der Waals surface area contributed by atoms with E-state index in [1.165, 1.54) is 4.90 Å². The number of carbonyl (C=O) groups excluding carboxylic acids is 2. The van der Waals surface area contributed by atoms with E-state index in [-0.39, 0.29) is 25.4 Å². The lowest BCUT2D eigenvalue weighted by molar-refractivity contribution is -0.155. The zero-order valence-corrected chi connectivity index (χ0v) is 21.4. The Balaban J connectivity index is 2.83. The number of carboxylic acids is 3. The fourth-order valence-corrected chi connectivity index (χ4v) is 3.62. The molecule has 0 aliphatic heterocycles. The summed E-state index contributed by atoms with van der Waals surface area (Å²) < 4.78 is 5.47. The van der Waals surface area contributed by atoms with Crippen LogP contribution >= 0.6 is 15.9 Å². The minimum atomic E-state index is -1.24. The maximum atomic E-state index is 12.7. The molecule has 1 atom stereocenters. The van der Waals surface area contributed by atoms with Crippen LogP contribution in [0.2, 0.25) is 0 Å². The van der Waals surface area contributed by atoms with Gasteiger partial charge in [0.25, 0.3) is 0 Å². The molecule has 36 heavy (non-hydrogen) atoms. The number of benzene rings is 1. The molecule has 1 unspecified atom stereocenters. The van der Waals surface area contributed by atoms with Crippen molar-refractivity contribution in [1.29, 1.82) is 0 Å². The maximum Gasteiger partial charge on any atom is 0.322 e. The van der Waals surface area contributed by atoms with Crippen LogP contribution in [0.1, 0.15) is 37.5 Å². The van der Waals surface area contributed by atoms with E-state index in [2.05, 4.69) is 21.2 Å². The van der Waals surface area contributed by atoms with Gasteiger partial charge in [0.2, 0.25) is 12.1 Å². The molecule has 12 nitrogen and oxygen atoms in total. The van der Waals surface area contributed by atoms with Crippen LogP contribution in [0, 0.1) is 0 Å². The molecule has 4 N–H and O–H groups in total. The maximum absolute atomic E-state index is 12.7. The van der Waals surface area contributed by atoms with Gasteiger partial charge in [0.15, 0.2) is 0 Å². The fourth-order valence-electron chi connectivity index (χ4n) is 3.22. The second-order valence-corrected chi connectivity index (χ2v) is 8.74. The van der Waals surface area contributed by atoms with Gasteiger partial charge in [0.1, 0.15) is 0 Å². The number of ether oxygens (including phenoxy) is 1. The lowest BCUT2D eigenvalue weighted by atomic mass is 10.1. The molecule has 0 aromatic heterocycles.